The first-order valence-corrected chi connectivity index (χ1v) is 9.71. The van der Waals surface area contributed by atoms with E-state index in [1.165, 1.54) is 11.1 Å². The number of benzene rings is 1. The van der Waals surface area contributed by atoms with Gasteiger partial charge in [-0.1, -0.05) is 23.8 Å². The minimum atomic E-state index is 0.210. The van der Waals surface area contributed by atoms with Gasteiger partial charge in [0.1, 0.15) is 17.1 Å². The zero-order chi connectivity index (χ0) is 19.4. The molecule has 0 spiro atoms. The van der Waals surface area contributed by atoms with E-state index < -0.39 is 0 Å². The summed E-state index contributed by atoms with van der Waals surface area (Å²) in [6.07, 6.45) is 3.05. The Balaban J connectivity index is 1.87. The number of methoxy groups -OCH3 is 1. The maximum Gasteiger partial charge on any atom is 0.145 e. The minimum absolute atomic E-state index is 0.210. The van der Waals surface area contributed by atoms with E-state index >= 15 is 0 Å². The molecule has 2 heterocycles. The molecular formula is C22H31N3O2. The third-order valence-electron chi connectivity index (χ3n) is 5.34. The number of nitrogens with zero attached hydrogens (tertiary/aromatic N) is 3. The summed E-state index contributed by atoms with van der Waals surface area (Å²) in [7, 11) is 1.69. The molecule has 2 aromatic rings. The van der Waals surface area contributed by atoms with Crippen molar-refractivity contribution in [2.75, 3.05) is 44.8 Å². The highest BCUT2D eigenvalue weighted by Crippen LogP contribution is 2.30. The van der Waals surface area contributed by atoms with Crippen molar-refractivity contribution >= 4 is 16.7 Å². The van der Waals surface area contributed by atoms with Crippen LogP contribution in [0, 0.1) is 6.92 Å². The van der Waals surface area contributed by atoms with Crippen LogP contribution in [0.2, 0.25) is 0 Å². The number of pyridine rings is 1. The molecule has 0 amide bonds. The number of para-hydroxylation sites is 1. The molecule has 1 N–H and O–H groups in total. The molecule has 3 rings (SSSR count). The molecule has 0 radical (unpaired) electrons. The van der Waals surface area contributed by atoms with Crippen molar-refractivity contribution < 1.29 is 9.84 Å². The van der Waals surface area contributed by atoms with Crippen LogP contribution in [-0.2, 0) is 0 Å². The van der Waals surface area contributed by atoms with Crippen molar-refractivity contribution in [2.45, 2.75) is 33.2 Å². The maximum atomic E-state index is 9.53. The van der Waals surface area contributed by atoms with Gasteiger partial charge in [-0.15, -0.1) is 0 Å². The van der Waals surface area contributed by atoms with E-state index in [9.17, 15) is 5.11 Å². The predicted octanol–water partition coefficient (Wildman–Crippen LogP) is 3.39. The van der Waals surface area contributed by atoms with E-state index in [-0.39, 0.29) is 6.61 Å². The zero-order valence-electron chi connectivity index (χ0n) is 16.9. The number of hydrogen-bond donors (Lipinski definition) is 1. The predicted molar refractivity (Wildman–Crippen MR) is 112 cm³/mol. The van der Waals surface area contributed by atoms with E-state index in [2.05, 4.69) is 48.8 Å². The van der Waals surface area contributed by atoms with Crippen LogP contribution in [0.15, 0.2) is 35.9 Å². The van der Waals surface area contributed by atoms with Crippen molar-refractivity contribution in [3.63, 3.8) is 0 Å². The Morgan fingerprint density at radius 3 is 2.85 bits per heavy atom. The molecule has 1 fully saturated rings. The summed E-state index contributed by atoms with van der Waals surface area (Å²) in [5, 5.41) is 10.7. The van der Waals surface area contributed by atoms with Gasteiger partial charge in [0.15, 0.2) is 0 Å². The molecule has 0 saturated carbocycles. The summed E-state index contributed by atoms with van der Waals surface area (Å²) in [6.45, 7) is 10.3. The summed E-state index contributed by atoms with van der Waals surface area (Å²) in [4.78, 5) is 9.74. The standard InChI is InChI=1S/C22H31N3O2/c1-16(2)8-10-24-11-12-25(15-18(24)9-13-26)21-14-17(3)19-6-5-7-20(27-4)22(19)23-21/h5-8,14,18,26H,9-13,15H2,1-4H3. The lowest BCUT2D eigenvalue weighted by molar-refractivity contribution is 0.155. The lowest BCUT2D eigenvalue weighted by Gasteiger charge is -2.41. The molecule has 0 aliphatic carbocycles. The van der Waals surface area contributed by atoms with Gasteiger partial charge in [0.25, 0.3) is 0 Å². The molecule has 27 heavy (non-hydrogen) atoms. The molecule has 1 atom stereocenters. The third kappa shape index (κ3) is 4.42. The number of rotatable bonds is 6. The van der Waals surface area contributed by atoms with Crippen LogP contribution in [0.5, 0.6) is 5.75 Å². The molecule has 5 nitrogen and oxygen atoms in total. The Morgan fingerprint density at radius 2 is 2.15 bits per heavy atom. The number of allylic oxidation sites excluding steroid dienone is 1. The van der Waals surface area contributed by atoms with Crippen LogP contribution in [0.4, 0.5) is 5.82 Å². The number of aryl methyl sites for hydroxylation is 1. The second-order valence-corrected chi connectivity index (χ2v) is 7.54. The van der Waals surface area contributed by atoms with Crippen molar-refractivity contribution in [3.8, 4) is 5.75 Å². The molecule has 0 bridgehead atoms. The number of anilines is 1. The average molecular weight is 370 g/mol. The van der Waals surface area contributed by atoms with Gasteiger partial charge in [0.05, 0.1) is 7.11 Å². The van der Waals surface area contributed by atoms with Crippen molar-refractivity contribution in [2.24, 2.45) is 0 Å². The van der Waals surface area contributed by atoms with Crippen LogP contribution in [0.1, 0.15) is 25.8 Å². The minimum Gasteiger partial charge on any atom is -0.494 e. The Kier molecular flexibility index (Phi) is 6.34. The number of piperazine rings is 1. The zero-order valence-corrected chi connectivity index (χ0v) is 16.9. The Labute approximate surface area is 162 Å². The summed E-state index contributed by atoms with van der Waals surface area (Å²) < 4.78 is 5.53. The van der Waals surface area contributed by atoms with Gasteiger partial charge in [-0.25, -0.2) is 4.98 Å². The monoisotopic (exact) mass is 369 g/mol. The van der Waals surface area contributed by atoms with Gasteiger partial charge in [-0.2, -0.15) is 0 Å². The van der Waals surface area contributed by atoms with Gasteiger partial charge >= 0.3 is 0 Å². The highest BCUT2D eigenvalue weighted by atomic mass is 16.5. The van der Waals surface area contributed by atoms with E-state index in [4.69, 9.17) is 9.72 Å². The fraction of sp³-hybridized carbons (Fsp3) is 0.500. The number of fused-ring (bicyclic) bond motifs is 1. The SMILES string of the molecule is COc1cccc2c(C)cc(N3CCN(CC=C(C)C)C(CCO)C3)nc12. The van der Waals surface area contributed by atoms with Gasteiger partial charge in [0, 0.05) is 44.2 Å². The Bertz CT molecular complexity index is 815. The molecule has 146 valence electrons. The first-order valence-electron chi connectivity index (χ1n) is 9.71. The largest absolute Gasteiger partial charge is 0.494 e. The second kappa shape index (κ2) is 8.72. The van der Waals surface area contributed by atoms with E-state index in [0.29, 0.717) is 6.04 Å². The van der Waals surface area contributed by atoms with E-state index in [1.807, 2.05) is 12.1 Å². The number of aromatic nitrogens is 1. The van der Waals surface area contributed by atoms with E-state index in [1.54, 1.807) is 7.11 Å². The fourth-order valence-electron chi connectivity index (χ4n) is 3.76. The summed E-state index contributed by atoms with van der Waals surface area (Å²) in [5.74, 6) is 1.81. The normalized spacial score (nSPS) is 18.0. The van der Waals surface area contributed by atoms with Gasteiger partial charge < -0.3 is 14.7 Å². The van der Waals surface area contributed by atoms with Crippen molar-refractivity contribution in [3.05, 3.63) is 41.5 Å². The lowest BCUT2D eigenvalue weighted by atomic mass is 10.1. The summed E-state index contributed by atoms with van der Waals surface area (Å²) >= 11 is 0. The lowest BCUT2D eigenvalue weighted by Crippen LogP contribution is -2.53. The molecule has 1 aromatic carbocycles. The first-order chi connectivity index (χ1) is 13.0. The van der Waals surface area contributed by atoms with Gasteiger partial charge in [0.2, 0.25) is 0 Å². The number of ether oxygens (including phenoxy) is 1. The molecule has 5 heteroatoms. The third-order valence-corrected chi connectivity index (χ3v) is 5.34. The van der Waals surface area contributed by atoms with Crippen LogP contribution in [0.25, 0.3) is 10.9 Å². The molecule has 1 saturated heterocycles. The van der Waals surface area contributed by atoms with E-state index in [0.717, 1.165) is 55.1 Å². The number of aliphatic hydroxyl groups is 1. The maximum absolute atomic E-state index is 9.53. The van der Waals surface area contributed by atoms with Crippen LogP contribution in [-0.4, -0.2) is 60.9 Å². The Morgan fingerprint density at radius 1 is 1.33 bits per heavy atom. The first kappa shape index (κ1) is 19.6. The quantitative estimate of drug-likeness (QED) is 0.791. The topological polar surface area (TPSA) is 48.8 Å². The molecule has 1 aliphatic heterocycles. The fourth-order valence-corrected chi connectivity index (χ4v) is 3.76. The van der Waals surface area contributed by atoms with Gasteiger partial charge in [-0.3, -0.25) is 4.90 Å². The molecular weight excluding hydrogens is 338 g/mol. The second-order valence-electron chi connectivity index (χ2n) is 7.54. The summed E-state index contributed by atoms with van der Waals surface area (Å²) in [5.41, 5.74) is 3.46. The number of aliphatic hydroxyl groups excluding tert-OH is 1. The molecule has 1 unspecified atom stereocenters. The van der Waals surface area contributed by atoms with Crippen LogP contribution in [0.3, 0.4) is 0 Å². The highest BCUT2D eigenvalue weighted by Gasteiger charge is 2.27. The molecule has 1 aromatic heterocycles. The van der Waals surface area contributed by atoms with Crippen LogP contribution < -0.4 is 9.64 Å². The van der Waals surface area contributed by atoms with Crippen molar-refractivity contribution in [1.29, 1.82) is 0 Å². The van der Waals surface area contributed by atoms with Crippen LogP contribution >= 0.6 is 0 Å². The number of hydrogen-bond acceptors (Lipinski definition) is 5. The van der Waals surface area contributed by atoms with Gasteiger partial charge in [-0.05, 0) is 44.9 Å². The average Bonchev–Trinajstić information content (AvgIpc) is 2.66. The Hall–Kier alpha value is -2.11. The smallest absolute Gasteiger partial charge is 0.145 e. The summed E-state index contributed by atoms with van der Waals surface area (Å²) in [6, 6.07) is 8.56. The molecule has 1 aliphatic rings. The highest BCUT2D eigenvalue weighted by molar-refractivity contribution is 5.88. The van der Waals surface area contributed by atoms with Crippen molar-refractivity contribution in [1.82, 2.24) is 9.88 Å².